The lowest BCUT2D eigenvalue weighted by Gasteiger charge is -2.01. The van der Waals surface area contributed by atoms with E-state index in [-0.39, 0.29) is 12.2 Å². The van der Waals surface area contributed by atoms with Crippen LogP contribution in [0.25, 0.3) is 6.08 Å². The number of halogens is 1. The molecule has 0 bridgehead atoms. The molecule has 1 aromatic carbocycles. The van der Waals surface area contributed by atoms with E-state index in [0.29, 0.717) is 12.0 Å². The number of hydrogen-bond acceptors (Lipinski definition) is 3. The van der Waals surface area contributed by atoms with Gasteiger partial charge in [0.1, 0.15) is 17.5 Å². The molecule has 1 aromatic rings. The van der Waals surface area contributed by atoms with Gasteiger partial charge in [0, 0.05) is 0 Å². The highest BCUT2D eigenvalue weighted by atomic mass is 19.1. The van der Waals surface area contributed by atoms with Gasteiger partial charge in [0.25, 0.3) is 0 Å². The first-order chi connectivity index (χ1) is 8.17. The van der Waals surface area contributed by atoms with Crippen molar-refractivity contribution in [2.75, 3.05) is 6.61 Å². The summed E-state index contributed by atoms with van der Waals surface area (Å²) in [6.45, 7) is 2.12. The number of hydrogen-bond donors (Lipinski definition) is 0. The van der Waals surface area contributed by atoms with Crippen LogP contribution in [-0.4, -0.2) is 12.6 Å². The van der Waals surface area contributed by atoms with Crippen molar-refractivity contribution < 1.29 is 13.9 Å². The zero-order valence-electron chi connectivity index (χ0n) is 9.44. The summed E-state index contributed by atoms with van der Waals surface area (Å²) in [5, 5.41) is 8.81. The summed E-state index contributed by atoms with van der Waals surface area (Å²) in [7, 11) is 0. The van der Waals surface area contributed by atoms with Crippen molar-refractivity contribution in [1.29, 1.82) is 5.26 Å². The van der Waals surface area contributed by atoms with Gasteiger partial charge in [-0.3, -0.25) is 0 Å². The molecule has 3 nitrogen and oxygen atoms in total. The zero-order valence-corrected chi connectivity index (χ0v) is 9.44. The Morgan fingerprint density at radius 1 is 1.59 bits per heavy atom. The summed E-state index contributed by atoms with van der Waals surface area (Å²) in [6.07, 6.45) is 1.99. The van der Waals surface area contributed by atoms with Gasteiger partial charge in [0.2, 0.25) is 0 Å². The monoisotopic (exact) mass is 233 g/mol. The largest absolute Gasteiger partial charge is 0.462 e. The molecule has 17 heavy (non-hydrogen) atoms. The predicted molar refractivity (Wildman–Crippen MR) is 61.2 cm³/mol. The van der Waals surface area contributed by atoms with Crippen molar-refractivity contribution in [3.63, 3.8) is 0 Å². The van der Waals surface area contributed by atoms with Crippen molar-refractivity contribution in [3.8, 4) is 6.07 Å². The van der Waals surface area contributed by atoms with Crippen LogP contribution in [0, 0.1) is 17.1 Å². The minimum absolute atomic E-state index is 0.135. The third-order valence-electron chi connectivity index (χ3n) is 1.94. The van der Waals surface area contributed by atoms with Crippen LogP contribution < -0.4 is 0 Å². The van der Waals surface area contributed by atoms with Crippen molar-refractivity contribution in [2.45, 2.75) is 13.3 Å². The van der Waals surface area contributed by atoms with Gasteiger partial charge in [-0.2, -0.15) is 5.26 Å². The average Bonchev–Trinajstić information content (AvgIpc) is 2.33. The minimum atomic E-state index is -0.682. The van der Waals surface area contributed by atoms with Gasteiger partial charge in [-0.15, -0.1) is 0 Å². The molecule has 0 aromatic heterocycles. The Hall–Kier alpha value is -2.15. The highest BCUT2D eigenvalue weighted by Gasteiger charge is 2.09. The molecule has 0 saturated carbocycles. The molecule has 0 N–H and O–H groups in total. The topological polar surface area (TPSA) is 50.1 Å². The fraction of sp³-hybridized carbons (Fsp3) is 0.231. The summed E-state index contributed by atoms with van der Waals surface area (Å²) in [5.41, 5.74) is 0.319. The number of carbonyl (C=O) groups is 1. The van der Waals surface area contributed by atoms with E-state index in [2.05, 4.69) is 0 Å². The lowest BCUT2D eigenvalue weighted by molar-refractivity contribution is -0.138. The molecule has 0 unspecified atom stereocenters. The van der Waals surface area contributed by atoms with E-state index in [4.69, 9.17) is 10.00 Å². The predicted octanol–water partition coefficient (Wildman–Crippen LogP) is 2.69. The highest BCUT2D eigenvalue weighted by molar-refractivity contribution is 5.97. The number of carbonyl (C=O) groups excluding carboxylic acids is 1. The summed E-state index contributed by atoms with van der Waals surface area (Å²) < 4.78 is 17.7. The molecule has 0 aliphatic rings. The van der Waals surface area contributed by atoms with Crippen molar-refractivity contribution in [1.82, 2.24) is 0 Å². The first-order valence-electron chi connectivity index (χ1n) is 5.22. The molecular weight excluding hydrogens is 221 g/mol. The van der Waals surface area contributed by atoms with Crippen LogP contribution in [0.1, 0.15) is 18.9 Å². The highest BCUT2D eigenvalue weighted by Crippen LogP contribution is 2.09. The van der Waals surface area contributed by atoms with Crippen LogP contribution in [0.4, 0.5) is 4.39 Å². The Morgan fingerprint density at radius 3 is 2.94 bits per heavy atom. The molecule has 0 spiro atoms. The Balaban J connectivity index is 2.87. The van der Waals surface area contributed by atoms with Crippen LogP contribution in [0.3, 0.4) is 0 Å². The van der Waals surface area contributed by atoms with Gasteiger partial charge in [-0.25, -0.2) is 9.18 Å². The molecular formula is C13H12FNO2. The van der Waals surface area contributed by atoms with E-state index in [0.717, 1.165) is 0 Å². The molecule has 88 valence electrons. The van der Waals surface area contributed by atoms with Crippen LogP contribution in [0.2, 0.25) is 0 Å². The van der Waals surface area contributed by atoms with Crippen LogP contribution in [0.15, 0.2) is 29.8 Å². The quantitative estimate of drug-likeness (QED) is 0.456. The first-order valence-corrected chi connectivity index (χ1v) is 5.22. The number of rotatable bonds is 4. The van der Waals surface area contributed by atoms with Crippen LogP contribution in [0.5, 0.6) is 0 Å². The van der Waals surface area contributed by atoms with Gasteiger partial charge in [0.05, 0.1) is 6.61 Å². The Kier molecular flexibility index (Phi) is 4.89. The molecule has 0 amide bonds. The van der Waals surface area contributed by atoms with Gasteiger partial charge in [-0.05, 0) is 30.2 Å². The van der Waals surface area contributed by atoms with Gasteiger partial charge in [-0.1, -0.05) is 19.1 Å². The number of esters is 1. The Labute approximate surface area is 99.1 Å². The lowest BCUT2D eigenvalue weighted by Crippen LogP contribution is -2.07. The number of nitriles is 1. The smallest absolute Gasteiger partial charge is 0.348 e. The molecule has 0 fully saturated rings. The van der Waals surface area contributed by atoms with Crippen molar-refractivity contribution >= 4 is 12.0 Å². The summed E-state index contributed by atoms with van der Waals surface area (Å²) >= 11 is 0. The molecule has 0 aliphatic carbocycles. The van der Waals surface area contributed by atoms with Crippen LogP contribution in [-0.2, 0) is 9.53 Å². The Morgan fingerprint density at radius 2 is 2.35 bits per heavy atom. The second-order valence-electron chi connectivity index (χ2n) is 3.36. The summed E-state index contributed by atoms with van der Waals surface area (Å²) in [6, 6.07) is 7.39. The molecule has 0 aliphatic heterocycles. The standard InChI is InChI=1S/C13H12FNO2/c1-2-6-17-13(16)11(9-15)7-10-4-3-5-12(14)8-10/h3-5,7-8H,2,6H2,1H3. The maximum atomic E-state index is 12.9. The van der Waals surface area contributed by atoms with E-state index in [9.17, 15) is 9.18 Å². The molecule has 0 saturated heterocycles. The fourth-order valence-electron chi connectivity index (χ4n) is 1.17. The van der Waals surface area contributed by atoms with E-state index in [1.165, 1.54) is 24.3 Å². The van der Waals surface area contributed by atoms with E-state index < -0.39 is 11.8 Å². The zero-order chi connectivity index (χ0) is 12.7. The molecule has 1 rings (SSSR count). The summed E-state index contributed by atoms with van der Waals surface area (Å²) in [4.78, 5) is 11.4. The van der Waals surface area contributed by atoms with Gasteiger partial charge >= 0.3 is 5.97 Å². The van der Waals surface area contributed by atoms with Gasteiger partial charge in [0.15, 0.2) is 0 Å². The normalized spacial score (nSPS) is 10.8. The second kappa shape index (κ2) is 6.44. The molecule has 4 heteroatoms. The van der Waals surface area contributed by atoms with Gasteiger partial charge < -0.3 is 4.74 Å². The fourth-order valence-corrected chi connectivity index (χ4v) is 1.17. The second-order valence-corrected chi connectivity index (χ2v) is 3.36. The van der Waals surface area contributed by atoms with E-state index >= 15 is 0 Å². The van der Waals surface area contributed by atoms with Crippen molar-refractivity contribution in [2.24, 2.45) is 0 Å². The summed E-state index contributed by atoms with van der Waals surface area (Å²) in [5.74, 6) is -1.10. The molecule has 0 heterocycles. The van der Waals surface area contributed by atoms with E-state index in [1.807, 2.05) is 6.92 Å². The van der Waals surface area contributed by atoms with Crippen LogP contribution >= 0.6 is 0 Å². The number of nitrogens with zero attached hydrogens (tertiary/aromatic N) is 1. The Bertz CT molecular complexity index is 475. The molecule has 0 radical (unpaired) electrons. The number of ether oxygens (including phenoxy) is 1. The number of benzene rings is 1. The third-order valence-corrected chi connectivity index (χ3v) is 1.94. The van der Waals surface area contributed by atoms with Crippen molar-refractivity contribution in [3.05, 3.63) is 41.2 Å². The first kappa shape index (κ1) is 12.9. The maximum Gasteiger partial charge on any atom is 0.348 e. The van der Waals surface area contributed by atoms with E-state index in [1.54, 1.807) is 12.1 Å². The minimum Gasteiger partial charge on any atom is -0.462 e. The molecule has 0 atom stereocenters. The maximum absolute atomic E-state index is 12.9. The SMILES string of the molecule is CCCOC(=O)C(C#N)=Cc1cccc(F)c1. The lowest BCUT2D eigenvalue weighted by atomic mass is 10.1. The average molecular weight is 233 g/mol. The third kappa shape index (κ3) is 4.07.